The smallest absolute Gasteiger partial charge is 0.230 e. The molecule has 9 heteroatoms. The third-order valence-electron chi connectivity index (χ3n) is 5.32. The van der Waals surface area contributed by atoms with Gasteiger partial charge in [0.1, 0.15) is 0 Å². The van der Waals surface area contributed by atoms with Gasteiger partial charge in [-0.3, -0.25) is 19.2 Å². The normalized spacial score (nSPS) is 10.9. The third-order valence-corrected chi connectivity index (χ3v) is 7.16. The summed E-state index contributed by atoms with van der Waals surface area (Å²) >= 11 is 3.01. The van der Waals surface area contributed by atoms with Crippen molar-refractivity contribution < 1.29 is 4.79 Å². The highest BCUT2D eigenvalue weighted by Gasteiger charge is 2.20. The van der Waals surface area contributed by atoms with Crippen molar-refractivity contribution in [2.75, 3.05) is 4.90 Å². The van der Waals surface area contributed by atoms with Gasteiger partial charge < -0.3 is 0 Å². The van der Waals surface area contributed by atoms with E-state index in [1.807, 2.05) is 60.0 Å². The number of thiazole rings is 1. The van der Waals surface area contributed by atoms with E-state index in [1.165, 1.54) is 11.3 Å². The average Bonchev–Trinajstić information content (AvgIpc) is 3.51. The Bertz CT molecular complexity index is 1450. The number of nitrogens with zero attached hydrogens (tertiary/aromatic N) is 6. The quantitative estimate of drug-likeness (QED) is 0.254. The van der Waals surface area contributed by atoms with E-state index in [2.05, 4.69) is 38.8 Å². The van der Waals surface area contributed by atoms with E-state index in [0.717, 1.165) is 39.2 Å². The van der Waals surface area contributed by atoms with Crippen molar-refractivity contribution in [1.82, 2.24) is 24.7 Å². The number of aryl methyl sites for hydroxylation is 1. The minimum Gasteiger partial charge on any atom is -0.274 e. The van der Waals surface area contributed by atoms with Crippen LogP contribution in [0.5, 0.6) is 0 Å². The summed E-state index contributed by atoms with van der Waals surface area (Å²) in [5.74, 6) is 1.25. The predicted molar refractivity (Wildman–Crippen MR) is 140 cm³/mol. The van der Waals surface area contributed by atoms with E-state index in [9.17, 15) is 4.79 Å². The maximum atomic E-state index is 12.4. The Morgan fingerprint density at radius 3 is 2.57 bits per heavy atom. The first-order valence-corrected chi connectivity index (χ1v) is 12.8. The summed E-state index contributed by atoms with van der Waals surface area (Å²) in [7, 11) is 0. The van der Waals surface area contributed by atoms with Crippen LogP contribution in [0.25, 0.3) is 17.1 Å². The van der Waals surface area contributed by atoms with Gasteiger partial charge in [0.2, 0.25) is 5.91 Å². The van der Waals surface area contributed by atoms with E-state index in [-0.39, 0.29) is 5.91 Å². The Kier molecular flexibility index (Phi) is 6.69. The number of carbonyl (C=O) groups excluding carboxylic acids is 1. The maximum absolute atomic E-state index is 12.4. The number of pyridine rings is 1. The van der Waals surface area contributed by atoms with Crippen molar-refractivity contribution in [2.45, 2.75) is 24.8 Å². The Balaban J connectivity index is 1.44. The lowest BCUT2D eigenvalue weighted by Gasteiger charge is -2.17. The zero-order valence-corrected chi connectivity index (χ0v) is 20.8. The minimum atomic E-state index is -0.0786. The van der Waals surface area contributed by atoms with Crippen LogP contribution in [-0.2, 0) is 10.5 Å². The van der Waals surface area contributed by atoms with Crippen molar-refractivity contribution >= 4 is 39.8 Å². The van der Waals surface area contributed by atoms with Gasteiger partial charge in [0.25, 0.3) is 0 Å². The SMILES string of the molecule is CC(=O)N(c1ccccc1)c1nc(CSc2nnc(-c3cccnc3)n2-c2ccccc2C)cs1. The molecule has 1 amide bonds. The molecular weight excluding hydrogens is 476 g/mol. The van der Waals surface area contributed by atoms with Gasteiger partial charge in [-0.1, -0.05) is 48.2 Å². The number of anilines is 2. The molecule has 0 fully saturated rings. The number of benzene rings is 2. The molecule has 0 saturated carbocycles. The van der Waals surface area contributed by atoms with Gasteiger partial charge in [0, 0.05) is 36.0 Å². The lowest BCUT2D eigenvalue weighted by Crippen LogP contribution is -2.22. The highest BCUT2D eigenvalue weighted by Crippen LogP contribution is 2.33. The second-order valence-corrected chi connectivity index (χ2v) is 9.55. The molecule has 2 aromatic carbocycles. The molecule has 0 bridgehead atoms. The Morgan fingerprint density at radius 1 is 1.03 bits per heavy atom. The molecule has 0 radical (unpaired) electrons. The van der Waals surface area contributed by atoms with Crippen LogP contribution in [0.15, 0.2) is 89.7 Å². The van der Waals surface area contributed by atoms with E-state index < -0.39 is 0 Å². The number of hydrogen-bond donors (Lipinski definition) is 0. The molecule has 0 N–H and O–H groups in total. The largest absolute Gasteiger partial charge is 0.274 e. The van der Waals surface area contributed by atoms with Gasteiger partial charge in [0.15, 0.2) is 16.1 Å². The van der Waals surface area contributed by atoms with Crippen molar-refractivity contribution in [1.29, 1.82) is 0 Å². The highest BCUT2D eigenvalue weighted by atomic mass is 32.2. The lowest BCUT2D eigenvalue weighted by molar-refractivity contribution is -0.115. The predicted octanol–water partition coefficient (Wildman–Crippen LogP) is 6.07. The van der Waals surface area contributed by atoms with E-state index in [0.29, 0.717) is 10.9 Å². The summed E-state index contributed by atoms with van der Waals surface area (Å²) in [6.07, 6.45) is 3.53. The topological polar surface area (TPSA) is 76.8 Å². The number of hydrogen-bond acceptors (Lipinski definition) is 7. The summed E-state index contributed by atoms with van der Waals surface area (Å²) < 4.78 is 2.07. The van der Waals surface area contributed by atoms with Gasteiger partial charge >= 0.3 is 0 Å². The van der Waals surface area contributed by atoms with Crippen LogP contribution >= 0.6 is 23.1 Å². The van der Waals surface area contributed by atoms with E-state index >= 15 is 0 Å². The Labute approximate surface area is 211 Å². The molecule has 7 nitrogen and oxygen atoms in total. The fraction of sp³-hybridized carbons (Fsp3) is 0.115. The van der Waals surface area contributed by atoms with Crippen molar-refractivity contribution in [3.8, 4) is 17.1 Å². The molecule has 0 saturated heterocycles. The summed E-state index contributed by atoms with van der Waals surface area (Å²) in [5, 5.41) is 12.4. The van der Waals surface area contributed by atoms with Gasteiger partial charge in [0.05, 0.1) is 17.1 Å². The zero-order chi connectivity index (χ0) is 24.2. The van der Waals surface area contributed by atoms with Crippen molar-refractivity contribution in [3.63, 3.8) is 0 Å². The first-order valence-electron chi connectivity index (χ1n) is 11.0. The number of thioether (sulfide) groups is 1. The third kappa shape index (κ3) is 4.87. The molecule has 5 rings (SSSR count). The molecule has 0 unspecified atom stereocenters. The summed E-state index contributed by atoms with van der Waals surface area (Å²) in [4.78, 5) is 23.0. The molecule has 0 spiro atoms. The number of para-hydroxylation sites is 2. The molecule has 0 aliphatic heterocycles. The van der Waals surface area contributed by atoms with Gasteiger partial charge in [-0.15, -0.1) is 21.5 Å². The second kappa shape index (κ2) is 10.2. The Morgan fingerprint density at radius 2 is 1.83 bits per heavy atom. The summed E-state index contributed by atoms with van der Waals surface area (Å²) in [6.45, 7) is 3.62. The second-order valence-electron chi connectivity index (χ2n) is 7.77. The zero-order valence-electron chi connectivity index (χ0n) is 19.2. The van der Waals surface area contributed by atoms with Gasteiger partial charge in [-0.25, -0.2) is 4.98 Å². The first-order chi connectivity index (χ1) is 17.1. The molecule has 0 aliphatic rings. The van der Waals surface area contributed by atoms with Crippen LogP contribution in [0.3, 0.4) is 0 Å². The fourth-order valence-electron chi connectivity index (χ4n) is 3.68. The highest BCUT2D eigenvalue weighted by molar-refractivity contribution is 7.98. The molecule has 3 aromatic heterocycles. The average molecular weight is 499 g/mol. The molecule has 0 aliphatic carbocycles. The number of amides is 1. The van der Waals surface area contributed by atoms with Crippen molar-refractivity contribution in [3.05, 3.63) is 95.8 Å². The summed E-state index contributed by atoms with van der Waals surface area (Å²) in [5.41, 5.74) is 4.71. The van der Waals surface area contributed by atoms with Crippen LogP contribution < -0.4 is 4.90 Å². The van der Waals surface area contributed by atoms with Crippen molar-refractivity contribution in [2.24, 2.45) is 0 Å². The first kappa shape index (κ1) is 22.9. The minimum absolute atomic E-state index is 0.0786. The van der Waals surface area contributed by atoms with Crippen LogP contribution in [0.2, 0.25) is 0 Å². The number of aromatic nitrogens is 5. The fourth-order valence-corrected chi connectivity index (χ4v) is 5.51. The van der Waals surface area contributed by atoms with Crippen LogP contribution in [0, 0.1) is 6.92 Å². The van der Waals surface area contributed by atoms with Gasteiger partial charge in [-0.05, 0) is 42.8 Å². The number of rotatable bonds is 7. The van der Waals surface area contributed by atoms with Crippen LogP contribution in [0.1, 0.15) is 18.2 Å². The van der Waals surface area contributed by atoms with Gasteiger partial charge in [-0.2, -0.15) is 0 Å². The van der Waals surface area contributed by atoms with E-state index in [1.54, 1.807) is 36.0 Å². The molecule has 5 aromatic rings. The Hall–Kier alpha value is -3.82. The summed E-state index contributed by atoms with van der Waals surface area (Å²) in [6, 6.07) is 21.6. The lowest BCUT2D eigenvalue weighted by atomic mass is 10.2. The maximum Gasteiger partial charge on any atom is 0.230 e. The number of carbonyl (C=O) groups is 1. The van der Waals surface area contributed by atoms with E-state index in [4.69, 9.17) is 4.98 Å². The standard InChI is InChI=1S/C26H22N6OS2/c1-18-9-6-7-13-23(18)32-24(20-10-8-14-27-15-20)29-30-26(32)35-17-21-16-34-25(28-21)31(19(2)33)22-11-4-3-5-12-22/h3-16H,17H2,1-2H3. The molecule has 174 valence electrons. The monoisotopic (exact) mass is 498 g/mol. The van der Waals surface area contributed by atoms with Crippen LogP contribution in [0.4, 0.5) is 10.8 Å². The molecular formula is C26H22N6OS2. The van der Waals surface area contributed by atoms with Crippen LogP contribution in [-0.4, -0.2) is 30.6 Å². The molecule has 35 heavy (non-hydrogen) atoms. The molecule has 0 atom stereocenters. The molecule has 3 heterocycles.